The number of fused-ring (bicyclic) bond motifs is 1. The predicted molar refractivity (Wildman–Crippen MR) is 158 cm³/mol. The average Bonchev–Trinajstić information content (AvgIpc) is 2.96. The van der Waals surface area contributed by atoms with Crippen LogP contribution in [-0.2, 0) is 19.1 Å². The summed E-state index contributed by atoms with van der Waals surface area (Å²) in [6.45, 7) is 6.21. The number of methoxy groups -OCH3 is 1. The third-order valence-electron chi connectivity index (χ3n) is 7.39. The Bertz CT molecular complexity index is 1340. The average molecular weight is 601 g/mol. The van der Waals surface area contributed by atoms with Crippen LogP contribution in [-0.4, -0.2) is 94.0 Å². The van der Waals surface area contributed by atoms with E-state index in [9.17, 15) is 24.0 Å². The molecule has 5 N–H and O–H groups in total. The number of hydrogen-bond donors (Lipinski definition) is 4. The Morgan fingerprint density at radius 1 is 0.977 bits per heavy atom. The van der Waals surface area contributed by atoms with Crippen LogP contribution in [0.1, 0.15) is 63.2 Å². The third-order valence-corrected chi connectivity index (χ3v) is 7.39. The largest absolute Gasteiger partial charge is 0.480 e. The second-order valence-electron chi connectivity index (χ2n) is 11.6. The number of amides is 3. The topological polar surface area (TPSA) is 189 Å². The molecule has 2 aromatic carbocycles. The summed E-state index contributed by atoms with van der Waals surface area (Å²) in [7, 11) is 1.28. The highest BCUT2D eigenvalue weighted by atomic mass is 16.6. The van der Waals surface area contributed by atoms with Crippen molar-refractivity contribution in [3.05, 3.63) is 42.0 Å². The van der Waals surface area contributed by atoms with Gasteiger partial charge in [-0.05, 0) is 75.8 Å². The lowest BCUT2D eigenvalue weighted by atomic mass is 9.87. The maximum atomic E-state index is 13.1. The molecule has 0 aliphatic carbocycles. The Kier molecular flexibility index (Phi) is 10.4. The molecule has 2 fully saturated rings. The number of rotatable bonds is 4. The lowest BCUT2D eigenvalue weighted by Gasteiger charge is -2.40. The van der Waals surface area contributed by atoms with E-state index in [1.54, 1.807) is 32.9 Å². The zero-order chi connectivity index (χ0) is 31.9. The van der Waals surface area contributed by atoms with Crippen molar-refractivity contribution in [1.29, 1.82) is 0 Å². The number of piperidine rings is 2. The van der Waals surface area contributed by atoms with Crippen LogP contribution in [0.3, 0.4) is 0 Å². The fraction of sp³-hybridized carbons (Fsp3) is 0.500. The molecule has 2 aliphatic heterocycles. The molecule has 43 heavy (non-hydrogen) atoms. The molecule has 2 heterocycles. The van der Waals surface area contributed by atoms with Crippen LogP contribution in [0.2, 0.25) is 0 Å². The number of aliphatic carboxylic acids is 1. The number of nitrogens with zero attached hydrogens (tertiary/aromatic N) is 2. The van der Waals surface area contributed by atoms with Gasteiger partial charge < -0.3 is 35.6 Å². The van der Waals surface area contributed by atoms with Gasteiger partial charge in [0.2, 0.25) is 0 Å². The second-order valence-corrected chi connectivity index (χ2v) is 11.6. The van der Waals surface area contributed by atoms with Gasteiger partial charge in [-0.1, -0.05) is 24.3 Å². The maximum absolute atomic E-state index is 13.1. The van der Waals surface area contributed by atoms with Crippen molar-refractivity contribution in [2.45, 2.75) is 70.1 Å². The minimum Gasteiger partial charge on any atom is -0.480 e. The molecule has 0 spiro atoms. The molecule has 2 aliphatic rings. The van der Waals surface area contributed by atoms with Crippen molar-refractivity contribution in [3.63, 3.8) is 0 Å². The number of carbonyl (C=O) groups is 5. The summed E-state index contributed by atoms with van der Waals surface area (Å²) in [6, 6.07) is 10.2. The van der Waals surface area contributed by atoms with Crippen LogP contribution < -0.4 is 11.1 Å². The quantitative estimate of drug-likeness (QED) is 0.297. The predicted octanol–water partition coefficient (Wildman–Crippen LogP) is 3.70. The fourth-order valence-electron chi connectivity index (χ4n) is 5.13. The number of hydrogen-bond acceptors (Lipinski definition) is 8. The first kappa shape index (κ1) is 33.0. The van der Waals surface area contributed by atoms with Gasteiger partial charge in [-0.25, -0.2) is 19.2 Å². The highest BCUT2D eigenvalue weighted by Crippen LogP contribution is 2.28. The minimum atomic E-state index is -1.25. The van der Waals surface area contributed by atoms with Gasteiger partial charge in [0.15, 0.2) is 0 Å². The Labute approximate surface area is 249 Å². The number of carboxylic acids is 1. The molecule has 0 saturated carbocycles. The number of esters is 1. The van der Waals surface area contributed by atoms with E-state index in [1.807, 2.05) is 24.3 Å². The number of carbonyl (C=O) groups excluding carboxylic acids is 3. The van der Waals surface area contributed by atoms with E-state index in [0.29, 0.717) is 18.7 Å². The summed E-state index contributed by atoms with van der Waals surface area (Å²) >= 11 is 0. The molecule has 1 unspecified atom stereocenters. The molecule has 3 amide bonds. The first-order chi connectivity index (χ1) is 20.2. The number of carboxylic acid groups (broad SMARTS) is 2. The lowest BCUT2D eigenvalue weighted by molar-refractivity contribution is -0.150. The molecule has 0 radical (unpaired) electrons. The highest BCUT2D eigenvalue weighted by Gasteiger charge is 2.45. The van der Waals surface area contributed by atoms with E-state index in [0.717, 1.165) is 28.5 Å². The van der Waals surface area contributed by atoms with Crippen LogP contribution in [0, 0.1) is 0 Å². The van der Waals surface area contributed by atoms with Gasteiger partial charge >= 0.3 is 24.1 Å². The van der Waals surface area contributed by atoms with Crippen LogP contribution in [0.4, 0.5) is 15.3 Å². The maximum Gasteiger partial charge on any atom is 0.410 e. The number of nitrogens with two attached hydrogens (primary N) is 1. The summed E-state index contributed by atoms with van der Waals surface area (Å²) in [5.74, 6) is -2.06. The van der Waals surface area contributed by atoms with Gasteiger partial charge in [0.25, 0.3) is 5.91 Å². The second kappa shape index (κ2) is 13.6. The SMILES string of the molecule is COC(=O)C1(NC(=O)c2cc3ccccc3cc2N)CCN(C(=O)OC(C)(C)C)CC1.O=C(O)C1CCCCN1C(=O)O. The third kappa shape index (κ3) is 8.27. The minimum absolute atomic E-state index is 0.206. The molecule has 234 valence electrons. The number of benzene rings is 2. The fourth-order valence-corrected chi connectivity index (χ4v) is 5.13. The van der Waals surface area contributed by atoms with Gasteiger partial charge in [0.05, 0.1) is 12.7 Å². The Morgan fingerprint density at radius 2 is 1.58 bits per heavy atom. The van der Waals surface area contributed by atoms with Crippen molar-refractivity contribution in [2.24, 2.45) is 0 Å². The summed E-state index contributed by atoms with van der Waals surface area (Å²) in [6.07, 6.45) is 0.813. The normalized spacial score (nSPS) is 18.1. The number of nitrogen functional groups attached to an aromatic ring is 1. The van der Waals surface area contributed by atoms with Gasteiger partial charge in [0, 0.05) is 25.3 Å². The van der Waals surface area contributed by atoms with E-state index in [1.165, 1.54) is 12.0 Å². The van der Waals surface area contributed by atoms with Gasteiger partial charge in [-0.3, -0.25) is 9.69 Å². The molecular weight excluding hydrogens is 560 g/mol. The van der Waals surface area contributed by atoms with E-state index in [4.69, 9.17) is 25.4 Å². The Balaban J connectivity index is 0.000000353. The van der Waals surface area contributed by atoms with Crippen LogP contribution in [0.15, 0.2) is 36.4 Å². The lowest BCUT2D eigenvalue weighted by Crippen LogP contribution is -2.61. The molecule has 2 saturated heterocycles. The molecule has 0 bridgehead atoms. The summed E-state index contributed by atoms with van der Waals surface area (Å²) in [5.41, 5.74) is 4.87. The monoisotopic (exact) mass is 600 g/mol. The molecule has 4 rings (SSSR count). The molecule has 2 aromatic rings. The van der Waals surface area contributed by atoms with E-state index in [-0.39, 0.29) is 31.5 Å². The van der Waals surface area contributed by atoms with Gasteiger partial charge in [-0.15, -0.1) is 0 Å². The molecule has 1 atom stereocenters. The van der Waals surface area contributed by atoms with Gasteiger partial charge in [-0.2, -0.15) is 0 Å². The number of nitrogens with one attached hydrogen (secondary N) is 1. The molecule has 0 aromatic heterocycles. The van der Waals surface area contributed by atoms with Crippen molar-refractivity contribution >= 4 is 46.5 Å². The van der Waals surface area contributed by atoms with E-state index >= 15 is 0 Å². The molecular formula is C30H40N4O9. The number of likely N-dealkylation sites (tertiary alicyclic amines) is 2. The van der Waals surface area contributed by atoms with Crippen LogP contribution in [0.25, 0.3) is 10.8 Å². The Hall–Kier alpha value is -4.55. The summed E-state index contributed by atoms with van der Waals surface area (Å²) in [4.78, 5) is 61.7. The summed E-state index contributed by atoms with van der Waals surface area (Å²) in [5, 5.41) is 21.9. The molecule has 13 nitrogen and oxygen atoms in total. The molecule has 13 heteroatoms. The highest BCUT2D eigenvalue weighted by molar-refractivity contribution is 6.05. The summed E-state index contributed by atoms with van der Waals surface area (Å²) < 4.78 is 10.4. The van der Waals surface area contributed by atoms with Crippen LogP contribution >= 0.6 is 0 Å². The van der Waals surface area contributed by atoms with Crippen molar-refractivity contribution in [2.75, 3.05) is 32.5 Å². The smallest absolute Gasteiger partial charge is 0.410 e. The van der Waals surface area contributed by atoms with Gasteiger partial charge in [0.1, 0.15) is 17.2 Å². The number of anilines is 1. The standard InChI is InChI=1S/C23H29N3O5.C7H11NO4/c1-22(2,3)31-21(29)26-11-9-23(10-12-26,20(28)30-4)25-19(27)17-13-15-7-5-6-8-16(15)14-18(17)24;9-6(10)5-3-1-2-4-8(5)7(11)12/h5-8,13-14H,9-12,24H2,1-4H3,(H,25,27);5H,1-4H2,(H,9,10)(H,11,12). The van der Waals surface area contributed by atoms with Crippen molar-refractivity contribution < 1.29 is 43.7 Å². The van der Waals surface area contributed by atoms with Crippen molar-refractivity contribution in [1.82, 2.24) is 15.1 Å². The Morgan fingerprint density at radius 3 is 2.09 bits per heavy atom. The number of ether oxygens (including phenoxy) is 2. The first-order valence-corrected chi connectivity index (χ1v) is 14.1. The van der Waals surface area contributed by atoms with E-state index < -0.39 is 47.2 Å². The van der Waals surface area contributed by atoms with Crippen molar-refractivity contribution in [3.8, 4) is 0 Å². The first-order valence-electron chi connectivity index (χ1n) is 14.1. The zero-order valence-electron chi connectivity index (χ0n) is 24.9. The zero-order valence-corrected chi connectivity index (χ0v) is 24.9. The van der Waals surface area contributed by atoms with E-state index in [2.05, 4.69) is 5.32 Å². The van der Waals surface area contributed by atoms with Crippen LogP contribution in [0.5, 0.6) is 0 Å².